The van der Waals surface area contributed by atoms with Crippen molar-refractivity contribution in [3.05, 3.63) is 30.1 Å². The van der Waals surface area contributed by atoms with E-state index in [2.05, 4.69) is 4.98 Å². The Bertz CT molecular complexity index is 667. The van der Waals surface area contributed by atoms with Crippen LogP contribution in [0, 0.1) is 0 Å². The van der Waals surface area contributed by atoms with E-state index < -0.39 is 5.67 Å². The second-order valence-corrected chi connectivity index (χ2v) is 7.68. The first-order valence-electron chi connectivity index (χ1n) is 9.20. The second kappa shape index (κ2) is 6.07. The number of piperidine rings is 1. The summed E-state index contributed by atoms with van der Waals surface area (Å²) in [6.07, 6.45) is 7.90. The van der Waals surface area contributed by atoms with Crippen LogP contribution in [0.5, 0.6) is 0 Å². The molecule has 1 saturated carbocycles. The molecule has 2 amide bonds. The Labute approximate surface area is 147 Å². The molecule has 6 heteroatoms. The van der Waals surface area contributed by atoms with Crippen molar-refractivity contribution in [3.63, 3.8) is 0 Å². The molecule has 1 aromatic rings. The Morgan fingerprint density at radius 2 is 1.96 bits per heavy atom. The summed E-state index contributed by atoms with van der Waals surface area (Å²) >= 11 is 0. The van der Waals surface area contributed by atoms with Gasteiger partial charge in [0.25, 0.3) is 5.91 Å². The number of nitrogens with zero attached hydrogens (tertiary/aromatic N) is 3. The molecule has 0 aromatic carbocycles. The summed E-state index contributed by atoms with van der Waals surface area (Å²) in [4.78, 5) is 32.6. The largest absolute Gasteiger partial charge is 0.340 e. The zero-order chi connectivity index (χ0) is 17.5. The second-order valence-electron chi connectivity index (χ2n) is 7.68. The van der Waals surface area contributed by atoms with Crippen LogP contribution in [0.15, 0.2) is 24.5 Å². The molecule has 1 aliphatic carbocycles. The molecule has 0 N–H and O–H groups in total. The third kappa shape index (κ3) is 2.81. The zero-order valence-electron chi connectivity index (χ0n) is 14.4. The highest BCUT2D eigenvalue weighted by Crippen LogP contribution is 2.42. The van der Waals surface area contributed by atoms with Crippen LogP contribution in [-0.4, -0.2) is 50.9 Å². The van der Waals surface area contributed by atoms with Gasteiger partial charge >= 0.3 is 0 Å². The van der Waals surface area contributed by atoms with Crippen LogP contribution in [0.2, 0.25) is 0 Å². The molecule has 25 heavy (non-hydrogen) atoms. The molecule has 4 rings (SSSR count). The monoisotopic (exact) mass is 345 g/mol. The van der Waals surface area contributed by atoms with Crippen molar-refractivity contribution < 1.29 is 14.0 Å². The summed E-state index contributed by atoms with van der Waals surface area (Å²) in [5.41, 5.74) is -0.786. The Hall–Kier alpha value is -1.98. The van der Waals surface area contributed by atoms with Crippen LogP contribution >= 0.6 is 0 Å². The van der Waals surface area contributed by atoms with E-state index in [0.717, 1.165) is 31.2 Å². The Morgan fingerprint density at radius 1 is 1.20 bits per heavy atom. The van der Waals surface area contributed by atoms with Gasteiger partial charge in [-0.05, 0) is 50.2 Å². The zero-order valence-corrected chi connectivity index (χ0v) is 14.4. The van der Waals surface area contributed by atoms with Gasteiger partial charge < -0.3 is 9.80 Å². The highest BCUT2D eigenvalue weighted by molar-refractivity contribution is 5.86. The molecular formula is C19H24FN3O2. The van der Waals surface area contributed by atoms with Gasteiger partial charge in [0.05, 0.1) is 0 Å². The van der Waals surface area contributed by atoms with E-state index in [-0.39, 0.29) is 17.4 Å². The minimum atomic E-state index is -1.62. The molecule has 3 heterocycles. The molecule has 2 aliphatic heterocycles. The van der Waals surface area contributed by atoms with E-state index in [4.69, 9.17) is 0 Å². The lowest BCUT2D eigenvalue weighted by atomic mass is 9.79. The summed E-state index contributed by atoms with van der Waals surface area (Å²) in [5, 5.41) is 0. The smallest absolute Gasteiger partial charge is 0.260 e. The third-order valence-electron chi connectivity index (χ3n) is 6.25. The number of hydrogen-bond acceptors (Lipinski definition) is 3. The molecule has 5 nitrogen and oxygen atoms in total. The highest BCUT2D eigenvalue weighted by Gasteiger charge is 2.51. The summed E-state index contributed by atoms with van der Waals surface area (Å²) in [6, 6.07) is 3.86. The molecule has 0 bridgehead atoms. The van der Waals surface area contributed by atoms with Gasteiger partial charge in [0.15, 0.2) is 5.67 Å². The highest BCUT2D eigenvalue weighted by atomic mass is 19.1. The maximum absolute atomic E-state index is 14.4. The van der Waals surface area contributed by atoms with E-state index in [1.165, 1.54) is 0 Å². The number of hydrogen-bond donors (Lipinski definition) is 0. The number of rotatable bonds is 3. The quantitative estimate of drug-likeness (QED) is 0.846. The Morgan fingerprint density at radius 3 is 2.56 bits per heavy atom. The van der Waals surface area contributed by atoms with E-state index in [1.807, 2.05) is 17.0 Å². The lowest BCUT2D eigenvalue weighted by molar-refractivity contribution is -0.153. The van der Waals surface area contributed by atoms with Crippen molar-refractivity contribution in [3.8, 4) is 0 Å². The molecule has 3 aliphatic rings. The number of carbonyl (C=O) groups excluding carboxylic acids is 2. The van der Waals surface area contributed by atoms with Crippen LogP contribution < -0.4 is 0 Å². The summed E-state index contributed by atoms with van der Waals surface area (Å²) in [5.74, 6) is -0.165. The standard InChI is InChI=1S/C19H24FN3O2/c20-19(5-2-6-19)17(25)22-11-8-18(9-12-22)7-4-16(24)23(18)14-15-3-1-10-21-13-15/h1,3,10,13H,2,4-9,11-12,14H2. The fourth-order valence-electron chi connectivity index (χ4n) is 4.43. The first kappa shape index (κ1) is 16.5. The van der Waals surface area contributed by atoms with Gasteiger partial charge in [-0.2, -0.15) is 0 Å². The molecule has 134 valence electrons. The van der Waals surface area contributed by atoms with E-state index in [0.29, 0.717) is 38.9 Å². The van der Waals surface area contributed by atoms with Gasteiger partial charge in [-0.25, -0.2) is 4.39 Å². The van der Waals surface area contributed by atoms with Crippen molar-refractivity contribution in [2.75, 3.05) is 13.1 Å². The fourth-order valence-corrected chi connectivity index (χ4v) is 4.43. The van der Waals surface area contributed by atoms with Gasteiger partial charge in [0.2, 0.25) is 5.91 Å². The van der Waals surface area contributed by atoms with Crippen molar-refractivity contribution in [1.82, 2.24) is 14.8 Å². The third-order valence-corrected chi connectivity index (χ3v) is 6.25. The number of carbonyl (C=O) groups is 2. The summed E-state index contributed by atoms with van der Waals surface area (Å²) < 4.78 is 14.4. The fraction of sp³-hybridized carbons (Fsp3) is 0.632. The van der Waals surface area contributed by atoms with Crippen LogP contribution in [0.25, 0.3) is 0 Å². The Kier molecular flexibility index (Phi) is 4.01. The predicted molar refractivity (Wildman–Crippen MR) is 90.3 cm³/mol. The summed E-state index contributed by atoms with van der Waals surface area (Å²) in [6.45, 7) is 1.65. The van der Waals surface area contributed by atoms with Gasteiger partial charge in [0, 0.05) is 44.0 Å². The Balaban J connectivity index is 1.45. The summed E-state index contributed by atoms with van der Waals surface area (Å²) in [7, 11) is 0. The van der Waals surface area contributed by atoms with Crippen molar-refractivity contribution in [2.24, 2.45) is 0 Å². The van der Waals surface area contributed by atoms with Crippen molar-refractivity contribution >= 4 is 11.8 Å². The van der Waals surface area contributed by atoms with Crippen LogP contribution in [0.4, 0.5) is 4.39 Å². The van der Waals surface area contributed by atoms with Crippen molar-refractivity contribution in [1.29, 1.82) is 0 Å². The van der Waals surface area contributed by atoms with Crippen LogP contribution in [0.1, 0.15) is 50.5 Å². The molecule has 1 spiro atoms. The normalized spacial score (nSPS) is 24.4. The minimum Gasteiger partial charge on any atom is -0.340 e. The van der Waals surface area contributed by atoms with Gasteiger partial charge in [0.1, 0.15) is 0 Å². The van der Waals surface area contributed by atoms with Crippen molar-refractivity contribution in [2.45, 2.75) is 62.7 Å². The number of aromatic nitrogens is 1. The topological polar surface area (TPSA) is 53.5 Å². The number of halogens is 1. The first-order chi connectivity index (χ1) is 12.0. The maximum Gasteiger partial charge on any atom is 0.260 e. The van der Waals surface area contributed by atoms with Gasteiger partial charge in [-0.15, -0.1) is 0 Å². The number of alkyl halides is 1. The number of likely N-dealkylation sites (tertiary alicyclic amines) is 2. The predicted octanol–water partition coefficient (Wildman–Crippen LogP) is 2.46. The minimum absolute atomic E-state index is 0.171. The van der Waals surface area contributed by atoms with E-state index >= 15 is 0 Å². The molecule has 3 fully saturated rings. The number of amides is 2. The van der Waals surface area contributed by atoms with E-state index in [1.54, 1.807) is 17.3 Å². The van der Waals surface area contributed by atoms with Gasteiger partial charge in [-0.1, -0.05) is 6.07 Å². The molecule has 0 atom stereocenters. The SMILES string of the molecule is O=C1CCC2(CCN(C(=O)C3(F)CCC3)CC2)N1Cc1cccnc1. The molecular weight excluding hydrogens is 321 g/mol. The number of pyridine rings is 1. The van der Waals surface area contributed by atoms with Gasteiger partial charge in [-0.3, -0.25) is 14.6 Å². The molecule has 0 radical (unpaired) electrons. The average Bonchev–Trinajstić information content (AvgIpc) is 2.90. The average molecular weight is 345 g/mol. The van der Waals surface area contributed by atoms with E-state index in [9.17, 15) is 14.0 Å². The maximum atomic E-state index is 14.4. The molecule has 1 aromatic heterocycles. The molecule has 2 saturated heterocycles. The molecule has 0 unspecified atom stereocenters. The lowest BCUT2D eigenvalue weighted by Gasteiger charge is -2.47. The lowest BCUT2D eigenvalue weighted by Crippen LogP contribution is -2.58. The first-order valence-corrected chi connectivity index (χ1v) is 9.20. The van der Waals surface area contributed by atoms with Crippen LogP contribution in [0.3, 0.4) is 0 Å². The van der Waals surface area contributed by atoms with Crippen LogP contribution in [-0.2, 0) is 16.1 Å².